The van der Waals surface area contributed by atoms with Crippen LogP contribution < -0.4 is 14.2 Å². The van der Waals surface area contributed by atoms with Crippen LogP contribution >= 0.6 is 0 Å². The van der Waals surface area contributed by atoms with Gasteiger partial charge in [0.2, 0.25) is 0 Å². The van der Waals surface area contributed by atoms with E-state index >= 15 is 0 Å². The van der Waals surface area contributed by atoms with Crippen molar-refractivity contribution in [1.29, 1.82) is 0 Å². The zero-order valence-electron chi connectivity index (χ0n) is 22.6. The minimum absolute atomic E-state index is 0.0156. The maximum atomic E-state index is 15.0. The third kappa shape index (κ3) is 5.83. The van der Waals surface area contributed by atoms with Gasteiger partial charge in [0.15, 0.2) is 0 Å². The van der Waals surface area contributed by atoms with Crippen LogP contribution in [0.15, 0.2) is 30.3 Å². The second-order valence-electron chi connectivity index (χ2n) is 10.9. The highest BCUT2D eigenvalue weighted by atomic mass is 19.1. The van der Waals surface area contributed by atoms with E-state index in [4.69, 9.17) is 19.3 Å². The Morgan fingerprint density at radius 1 is 1.15 bits per heavy atom. The van der Waals surface area contributed by atoms with Crippen molar-refractivity contribution in [2.24, 2.45) is 0 Å². The van der Waals surface area contributed by atoms with Crippen LogP contribution in [0.5, 0.6) is 17.5 Å². The minimum Gasteiger partial charge on any atom is -0.492 e. The van der Waals surface area contributed by atoms with E-state index in [1.54, 1.807) is 19.9 Å². The third-order valence-corrected chi connectivity index (χ3v) is 7.28. The largest absolute Gasteiger partial charge is 0.492 e. The Balaban J connectivity index is 1.38. The topological polar surface area (TPSA) is 111 Å². The molecule has 5 rings (SSSR count). The molecule has 0 saturated heterocycles. The maximum absolute atomic E-state index is 15.0. The van der Waals surface area contributed by atoms with Crippen LogP contribution in [0.4, 0.5) is 4.39 Å². The van der Waals surface area contributed by atoms with E-state index in [9.17, 15) is 14.3 Å². The molecule has 206 valence electrons. The van der Waals surface area contributed by atoms with Gasteiger partial charge in [0.05, 0.1) is 36.6 Å². The number of aliphatic hydroxyl groups is 1. The Bertz CT molecular complexity index is 1390. The lowest BCUT2D eigenvalue weighted by molar-refractivity contribution is -0.137. The number of fused-ring (bicyclic) bond motifs is 2. The number of benzene rings is 2. The van der Waals surface area contributed by atoms with E-state index in [1.165, 1.54) is 12.1 Å². The molecule has 0 amide bonds. The molecule has 1 aliphatic heterocycles. The van der Waals surface area contributed by atoms with Gasteiger partial charge >= 0.3 is 12.0 Å². The molecule has 8 nitrogen and oxygen atoms in total. The lowest BCUT2D eigenvalue weighted by Crippen LogP contribution is -2.22. The molecule has 2 unspecified atom stereocenters. The van der Waals surface area contributed by atoms with Crippen LogP contribution in [0.1, 0.15) is 73.2 Å². The van der Waals surface area contributed by atoms with E-state index in [0.717, 1.165) is 27.8 Å². The molecule has 39 heavy (non-hydrogen) atoms. The first-order valence-electron chi connectivity index (χ1n) is 13.2. The number of carbonyl (C=O) groups is 1. The zero-order valence-corrected chi connectivity index (χ0v) is 22.6. The van der Waals surface area contributed by atoms with Crippen LogP contribution in [0.3, 0.4) is 0 Å². The Morgan fingerprint density at radius 2 is 1.90 bits per heavy atom. The molecular formula is C30H33FN2O6. The van der Waals surface area contributed by atoms with Gasteiger partial charge in [0.1, 0.15) is 23.4 Å². The van der Waals surface area contributed by atoms with E-state index in [-0.39, 0.29) is 36.9 Å². The van der Waals surface area contributed by atoms with E-state index in [0.29, 0.717) is 48.8 Å². The average molecular weight is 537 g/mol. The average Bonchev–Trinajstić information content (AvgIpc) is 3.41. The fraction of sp³-hybridized carbons (Fsp3) is 0.433. The molecule has 1 aliphatic carbocycles. The highest BCUT2D eigenvalue weighted by Gasteiger charge is 2.31. The van der Waals surface area contributed by atoms with Gasteiger partial charge in [-0.05, 0) is 75.4 Å². The summed E-state index contributed by atoms with van der Waals surface area (Å²) in [4.78, 5) is 20.2. The van der Waals surface area contributed by atoms with Gasteiger partial charge in [-0.25, -0.2) is 4.39 Å². The summed E-state index contributed by atoms with van der Waals surface area (Å²) in [6.45, 7) is 7.76. The molecule has 2 heterocycles. The van der Waals surface area contributed by atoms with E-state index < -0.39 is 11.6 Å². The molecule has 9 heteroatoms. The van der Waals surface area contributed by atoms with Crippen LogP contribution in [0.2, 0.25) is 0 Å². The Kier molecular flexibility index (Phi) is 7.20. The summed E-state index contributed by atoms with van der Waals surface area (Å²) in [5.74, 6) is -0.178. The number of aromatic nitrogens is 2. The molecule has 0 spiro atoms. The van der Waals surface area contributed by atoms with Crippen molar-refractivity contribution in [3.05, 3.63) is 64.2 Å². The van der Waals surface area contributed by atoms with Gasteiger partial charge in [-0.2, -0.15) is 9.97 Å². The second-order valence-corrected chi connectivity index (χ2v) is 10.9. The number of ether oxygens (including phenoxy) is 3. The standard InChI is InChI=1S/C30H33FN2O6/c1-16-28(17(2)33-29(32-16)37-10-9-30(3,4)36)24-13-19(31)12-23-22(24)7-8-25(23)39-20-5-6-21-18(11-27(34)35)15-38-26(21)14-20/h5-6,12-14,18,25,36H,7-11,15H2,1-4H3,(H,34,35). The summed E-state index contributed by atoms with van der Waals surface area (Å²) in [7, 11) is 0. The van der Waals surface area contributed by atoms with Crippen molar-refractivity contribution in [3.63, 3.8) is 0 Å². The maximum Gasteiger partial charge on any atom is 0.316 e. The molecular weight excluding hydrogens is 503 g/mol. The predicted molar refractivity (Wildman–Crippen MR) is 142 cm³/mol. The first-order chi connectivity index (χ1) is 18.5. The molecule has 2 atom stereocenters. The molecule has 0 saturated carbocycles. The van der Waals surface area contributed by atoms with Crippen molar-refractivity contribution in [2.45, 2.75) is 71.0 Å². The summed E-state index contributed by atoms with van der Waals surface area (Å²) in [6, 6.07) is 8.75. The summed E-state index contributed by atoms with van der Waals surface area (Å²) in [5.41, 5.74) is 4.71. The summed E-state index contributed by atoms with van der Waals surface area (Å²) in [5, 5.41) is 19.1. The van der Waals surface area contributed by atoms with Crippen LogP contribution in [0, 0.1) is 19.7 Å². The minimum atomic E-state index is -0.860. The molecule has 2 aromatic carbocycles. The van der Waals surface area contributed by atoms with Crippen molar-refractivity contribution in [3.8, 4) is 28.6 Å². The molecule has 2 N–H and O–H groups in total. The molecule has 0 radical (unpaired) electrons. The summed E-state index contributed by atoms with van der Waals surface area (Å²) in [6.07, 6.45) is 1.51. The summed E-state index contributed by atoms with van der Waals surface area (Å²) >= 11 is 0. The number of aliphatic carboxylic acids is 1. The van der Waals surface area contributed by atoms with E-state index in [2.05, 4.69) is 9.97 Å². The van der Waals surface area contributed by atoms with Gasteiger partial charge in [-0.3, -0.25) is 4.79 Å². The zero-order chi connectivity index (χ0) is 27.9. The van der Waals surface area contributed by atoms with Crippen LogP contribution in [-0.2, 0) is 11.2 Å². The van der Waals surface area contributed by atoms with E-state index in [1.807, 2.05) is 26.0 Å². The number of halogens is 1. The Morgan fingerprint density at radius 3 is 2.59 bits per heavy atom. The van der Waals surface area contributed by atoms with Gasteiger partial charge in [-0.1, -0.05) is 6.07 Å². The van der Waals surface area contributed by atoms with Gasteiger partial charge in [0.25, 0.3) is 0 Å². The van der Waals surface area contributed by atoms with Crippen molar-refractivity contribution < 1.29 is 33.6 Å². The van der Waals surface area contributed by atoms with Crippen LogP contribution in [0.25, 0.3) is 11.1 Å². The quantitative estimate of drug-likeness (QED) is 0.371. The number of hydrogen-bond donors (Lipinski definition) is 2. The molecule has 0 bridgehead atoms. The number of carboxylic acid groups (broad SMARTS) is 1. The fourth-order valence-corrected chi connectivity index (χ4v) is 5.41. The van der Waals surface area contributed by atoms with Crippen LogP contribution in [-0.4, -0.2) is 45.0 Å². The Hall–Kier alpha value is -3.72. The highest BCUT2D eigenvalue weighted by molar-refractivity contribution is 5.74. The smallest absolute Gasteiger partial charge is 0.316 e. The normalized spacial score (nSPS) is 17.9. The number of carboxylic acids is 1. The predicted octanol–water partition coefficient (Wildman–Crippen LogP) is 5.46. The van der Waals surface area contributed by atoms with Crippen molar-refractivity contribution in [2.75, 3.05) is 13.2 Å². The summed E-state index contributed by atoms with van der Waals surface area (Å²) < 4.78 is 32.7. The molecule has 1 aromatic heterocycles. The van der Waals surface area contributed by atoms with Crippen molar-refractivity contribution >= 4 is 5.97 Å². The highest BCUT2D eigenvalue weighted by Crippen LogP contribution is 2.44. The SMILES string of the molecule is Cc1nc(OCCC(C)(C)O)nc(C)c1-c1cc(F)cc2c1CCC2Oc1ccc2c(c1)OCC2CC(=O)O. The number of rotatable bonds is 9. The number of nitrogens with zero attached hydrogens (tertiary/aromatic N) is 2. The van der Waals surface area contributed by atoms with Crippen molar-refractivity contribution in [1.82, 2.24) is 9.97 Å². The van der Waals surface area contributed by atoms with Gasteiger partial charge in [0, 0.05) is 29.5 Å². The monoisotopic (exact) mass is 536 g/mol. The number of hydrogen-bond acceptors (Lipinski definition) is 7. The van der Waals surface area contributed by atoms with Gasteiger partial charge < -0.3 is 24.4 Å². The first kappa shape index (κ1) is 26.9. The Labute approximate surface area is 226 Å². The molecule has 3 aromatic rings. The lowest BCUT2D eigenvalue weighted by atomic mass is 9.94. The van der Waals surface area contributed by atoms with Gasteiger partial charge in [-0.15, -0.1) is 0 Å². The number of aryl methyl sites for hydroxylation is 2. The molecule has 2 aliphatic rings. The third-order valence-electron chi connectivity index (χ3n) is 7.28. The lowest BCUT2D eigenvalue weighted by Gasteiger charge is -2.19. The fourth-order valence-electron chi connectivity index (χ4n) is 5.41. The first-order valence-corrected chi connectivity index (χ1v) is 13.2. The second kappa shape index (κ2) is 10.4. The molecule has 0 fully saturated rings.